The molecular weight excluding hydrogens is 220 g/mol. The highest BCUT2D eigenvalue weighted by atomic mass is 15.0. The number of hydrogen-bond acceptors (Lipinski definition) is 2. The van der Waals surface area contributed by atoms with E-state index in [9.17, 15) is 0 Å². The summed E-state index contributed by atoms with van der Waals surface area (Å²) in [4.78, 5) is 0. The predicted octanol–water partition coefficient (Wildman–Crippen LogP) is 2.93. The van der Waals surface area contributed by atoms with Crippen molar-refractivity contribution in [3.8, 4) is 0 Å². The summed E-state index contributed by atoms with van der Waals surface area (Å²) in [6, 6.07) is 1.62. The van der Waals surface area contributed by atoms with Crippen LogP contribution in [0.25, 0.3) is 0 Å². The highest BCUT2D eigenvalue weighted by Crippen LogP contribution is 2.51. The van der Waals surface area contributed by atoms with E-state index < -0.39 is 0 Å². The van der Waals surface area contributed by atoms with Crippen LogP contribution in [0.1, 0.15) is 58.8 Å². The van der Waals surface area contributed by atoms with Gasteiger partial charge in [0.15, 0.2) is 0 Å². The fourth-order valence-electron chi connectivity index (χ4n) is 4.25. The molecule has 0 amide bonds. The molecule has 0 bridgehead atoms. The number of nitrogens with one attached hydrogen (secondary N) is 2. The molecule has 1 aliphatic heterocycles. The molecule has 0 aromatic carbocycles. The van der Waals surface area contributed by atoms with Crippen LogP contribution in [0.15, 0.2) is 0 Å². The van der Waals surface area contributed by atoms with Crippen LogP contribution in [0.3, 0.4) is 0 Å². The lowest BCUT2D eigenvalue weighted by atomic mass is 9.90. The Balaban J connectivity index is 1.52. The standard InChI is InChI=1S/C16H30N2/c1-12(2)16(8-9-16)11-18-15-6-3-5-13(15)14-7-4-10-17-14/h12-15,17-18H,3-11H2,1-2H3. The smallest absolute Gasteiger partial charge is 0.0111 e. The molecule has 3 aliphatic rings. The van der Waals surface area contributed by atoms with Crippen LogP contribution in [-0.4, -0.2) is 25.2 Å². The van der Waals surface area contributed by atoms with Gasteiger partial charge in [-0.15, -0.1) is 0 Å². The maximum absolute atomic E-state index is 3.95. The first kappa shape index (κ1) is 12.9. The summed E-state index contributed by atoms with van der Waals surface area (Å²) in [6.07, 6.45) is 10.0. The molecule has 2 N–H and O–H groups in total. The normalized spacial score (nSPS) is 38.5. The molecule has 3 atom stereocenters. The summed E-state index contributed by atoms with van der Waals surface area (Å²) >= 11 is 0. The zero-order chi connectivity index (χ0) is 12.6. The van der Waals surface area contributed by atoms with Crippen molar-refractivity contribution >= 4 is 0 Å². The van der Waals surface area contributed by atoms with Crippen molar-refractivity contribution in [3.63, 3.8) is 0 Å². The van der Waals surface area contributed by atoms with E-state index in [1.165, 1.54) is 58.0 Å². The first-order chi connectivity index (χ1) is 8.71. The zero-order valence-electron chi connectivity index (χ0n) is 12.2. The third-order valence-corrected chi connectivity index (χ3v) is 6.02. The van der Waals surface area contributed by atoms with Crippen molar-refractivity contribution in [2.24, 2.45) is 17.3 Å². The third kappa shape index (κ3) is 2.46. The van der Waals surface area contributed by atoms with Gasteiger partial charge in [0.1, 0.15) is 0 Å². The van der Waals surface area contributed by atoms with Crippen LogP contribution < -0.4 is 10.6 Å². The summed E-state index contributed by atoms with van der Waals surface area (Å²) in [6.45, 7) is 7.33. The minimum Gasteiger partial charge on any atom is -0.314 e. The summed E-state index contributed by atoms with van der Waals surface area (Å²) < 4.78 is 0. The van der Waals surface area contributed by atoms with E-state index >= 15 is 0 Å². The van der Waals surface area contributed by atoms with Crippen LogP contribution in [0.2, 0.25) is 0 Å². The van der Waals surface area contributed by atoms with E-state index in [0.29, 0.717) is 5.41 Å². The van der Waals surface area contributed by atoms with E-state index in [1.54, 1.807) is 0 Å². The Kier molecular flexibility index (Phi) is 3.68. The second-order valence-corrected chi connectivity index (χ2v) is 7.30. The Morgan fingerprint density at radius 3 is 2.61 bits per heavy atom. The van der Waals surface area contributed by atoms with E-state index in [0.717, 1.165) is 23.9 Å². The Labute approximate surface area is 112 Å². The Bertz CT molecular complexity index is 277. The topological polar surface area (TPSA) is 24.1 Å². The molecular formula is C16H30N2. The van der Waals surface area contributed by atoms with Gasteiger partial charge < -0.3 is 10.6 Å². The molecule has 0 aromatic heterocycles. The maximum atomic E-state index is 3.95. The van der Waals surface area contributed by atoms with Gasteiger partial charge in [-0.3, -0.25) is 0 Å². The predicted molar refractivity (Wildman–Crippen MR) is 76.7 cm³/mol. The van der Waals surface area contributed by atoms with E-state index in [4.69, 9.17) is 0 Å². The summed E-state index contributed by atoms with van der Waals surface area (Å²) in [5.41, 5.74) is 0.663. The highest BCUT2D eigenvalue weighted by Gasteiger charge is 2.46. The van der Waals surface area contributed by atoms with Crippen molar-refractivity contribution in [3.05, 3.63) is 0 Å². The summed E-state index contributed by atoms with van der Waals surface area (Å²) in [5.74, 6) is 1.77. The quantitative estimate of drug-likeness (QED) is 0.784. The molecule has 0 radical (unpaired) electrons. The lowest BCUT2D eigenvalue weighted by molar-refractivity contribution is 0.272. The summed E-state index contributed by atoms with van der Waals surface area (Å²) in [7, 11) is 0. The second-order valence-electron chi connectivity index (χ2n) is 7.30. The van der Waals surface area contributed by atoms with Gasteiger partial charge >= 0.3 is 0 Å². The second kappa shape index (κ2) is 5.13. The summed E-state index contributed by atoms with van der Waals surface area (Å²) in [5, 5.41) is 7.68. The van der Waals surface area contributed by atoms with Gasteiger partial charge in [0.2, 0.25) is 0 Å². The van der Waals surface area contributed by atoms with Crippen molar-refractivity contribution in [1.29, 1.82) is 0 Å². The van der Waals surface area contributed by atoms with Crippen LogP contribution in [0.4, 0.5) is 0 Å². The van der Waals surface area contributed by atoms with Gasteiger partial charge in [-0.05, 0) is 62.3 Å². The monoisotopic (exact) mass is 250 g/mol. The fourth-order valence-corrected chi connectivity index (χ4v) is 4.25. The molecule has 1 heterocycles. The average Bonchev–Trinajstić information content (AvgIpc) is 2.80. The van der Waals surface area contributed by atoms with Gasteiger partial charge in [-0.1, -0.05) is 20.3 Å². The Morgan fingerprint density at radius 2 is 2.00 bits per heavy atom. The molecule has 0 aromatic rings. The van der Waals surface area contributed by atoms with E-state index in [1.807, 2.05) is 0 Å². The number of rotatable bonds is 5. The van der Waals surface area contributed by atoms with Crippen molar-refractivity contribution in [2.75, 3.05) is 13.1 Å². The Hall–Kier alpha value is -0.0800. The molecule has 2 heteroatoms. The van der Waals surface area contributed by atoms with Crippen molar-refractivity contribution in [1.82, 2.24) is 10.6 Å². The zero-order valence-corrected chi connectivity index (χ0v) is 12.2. The van der Waals surface area contributed by atoms with Gasteiger partial charge in [-0.25, -0.2) is 0 Å². The highest BCUT2D eigenvalue weighted by molar-refractivity contribution is 5.00. The molecule has 1 saturated heterocycles. The fraction of sp³-hybridized carbons (Fsp3) is 1.00. The SMILES string of the molecule is CC(C)C1(CNC2CCCC2C2CCCN2)CC1. The third-order valence-electron chi connectivity index (χ3n) is 6.02. The lowest BCUT2D eigenvalue weighted by Gasteiger charge is -2.29. The van der Waals surface area contributed by atoms with Gasteiger partial charge in [0.25, 0.3) is 0 Å². The largest absolute Gasteiger partial charge is 0.314 e. The van der Waals surface area contributed by atoms with Crippen LogP contribution >= 0.6 is 0 Å². The van der Waals surface area contributed by atoms with Crippen LogP contribution in [0.5, 0.6) is 0 Å². The molecule has 0 spiro atoms. The molecule has 18 heavy (non-hydrogen) atoms. The molecule has 2 aliphatic carbocycles. The average molecular weight is 250 g/mol. The van der Waals surface area contributed by atoms with E-state index in [2.05, 4.69) is 24.5 Å². The molecule has 2 nitrogen and oxygen atoms in total. The lowest BCUT2D eigenvalue weighted by Crippen LogP contribution is -2.44. The van der Waals surface area contributed by atoms with Crippen LogP contribution in [0, 0.1) is 17.3 Å². The minimum absolute atomic E-state index is 0.663. The first-order valence-corrected chi connectivity index (χ1v) is 8.18. The molecule has 3 fully saturated rings. The minimum atomic E-state index is 0.663. The maximum Gasteiger partial charge on any atom is 0.0111 e. The number of hydrogen-bond donors (Lipinski definition) is 2. The van der Waals surface area contributed by atoms with Gasteiger partial charge in [0, 0.05) is 18.6 Å². The molecule has 104 valence electrons. The first-order valence-electron chi connectivity index (χ1n) is 8.18. The van der Waals surface area contributed by atoms with E-state index in [-0.39, 0.29) is 0 Å². The van der Waals surface area contributed by atoms with Crippen LogP contribution in [-0.2, 0) is 0 Å². The van der Waals surface area contributed by atoms with Gasteiger partial charge in [0.05, 0.1) is 0 Å². The van der Waals surface area contributed by atoms with Crippen molar-refractivity contribution in [2.45, 2.75) is 70.9 Å². The Morgan fingerprint density at radius 1 is 1.17 bits per heavy atom. The molecule has 2 saturated carbocycles. The van der Waals surface area contributed by atoms with Crippen molar-refractivity contribution < 1.29 is 0 Å². The van der Waals surface area contributed by atoms with Gasteiger partial charge in [-0.2, -0.15) is 0 Å². The molecule has 3 rings (SSSR count). The molecule has 3 unspecified atom stereocenters.